The van der Waals surface area contributed by atoms with E-state index in [4.69, 9.17) is 9.84 Å². The van der Waals surface area contributed by atoms with E-state index in [0.717, 1.165) is 25.8 Å². The summed E-state index contributed by atoms with van der Waals surface area (Å²) in [6.07, 6.45) is 3.60. The quantitative estimate of drug-likeness (QED) is 0.720. The first-order valence-corrected chi connectivity index (χ1v) is 5.52. The summed E-state index contributed by atoms with van der Waals surface area (Å²) in [5.74, 6) is 0. The third-order valence-corrected chi connectivity index (χ3v) is 2.52. The van der Waals surface area contributed by atoms with Crippen LogP contribution in [0, 0.1) is 0 Å². The van der Waals surface area contributed by atoms with Gasteiger partial charge < -0.3 is 15.2 Å². The van der Waals surface area contributed by atoms with Gasteiger partial charge in [-0.3, -0.25) is 0 Å². The van der Waals surface area contributed by atoms with Gasteiger partial charge in [-0.1, -0.05) is 0 Å². The fraction of sp³-hybridized carbons (Fsp3) is 1.00. The Balaban J connectivity index is 2.09. The predicted molar refractivity (Wildman–Crippen MR) is 57.4 cm³/mol. The van der Waals surface area contributed by atoms with Gasteiger partial charge in [0.05, 0.1) is 18.8 Å². The lowest BCUT2D eigenvalue weighted by molar-refractivity contribution is 0.00826. The molecule has 0 saturated carbocycles. The van der Waals surface area contributed by atoms with Gasteiger partial charge in [-0.15, -0.1) is 0 Å². The van der Waals surface area contributed by atoms with Crippen molar-refractivity contribution >= 4 is 0 Å². The third-order valence-electron chi connectivity index (χ3n) is 2.52. The number of nitrogens with one attached hydrogen (secondary N) is 1. The Hall–Kier alpha value is -0.120. The smallest absolute Gasteiger partial charge is 0.0810 e. The van der Waals surface area contributed by atoms with E-state index >= 15 is 0 Å². The highest BCUT2D eigenvalue weighted by Gasteiger charge is 2.24. The van der Waals surface area contributed by atoms with Crippen molar-refractivity contribution in [2.45, 2.75) is 57.8 Å². The summed E-state index contributed by atoms with van der Waals surface area (Å²) < 4.78 is 5.64. The van der Waals surface area contributed by atoms with E-state index in [1.165, 1.54) is 0 Å². The maximum absolute atomic E-state index is 8.90. The summed E-state index contributed by atoms with van der Waals surface area (Å²) in [4.78, 5) is 0. The molecule has 0 bridgehead atoms. The molecule has 1 rings (SSSR count). The number of hydrogen-bond acceptors (Lipinski definition) is 3. The monoisotopic (exact) mass is 201 g/mol. The predicted octanol–water partition coefficient (Wildman–Crippen LogP) is 1.30. The van der Waals surface area contributed by atoms with Crippen LogP contribution in [0.25, 0.3) is 0 Å². The third kappa shape index (κ3) is 4.40. The first-order chi connectivity index (χ1) is 6.51. The van der Waals surface area contributed by atoms with Crippen molar-refractivity contribution < 1.29 is 9.84 Å². The van der Waals surface area contributed by atoms with Crippen molar-refractivity contribution in [2.24, 2.45) is 0 Å². The highest BCUT2D eigenvalue weighted by atomic mass is 16.5. The largest absolute Gasteiger partial charge is 0.394 e. The molecule has 1 saturated heterocycles. The van der Waals surface area contributed by atoms with Crippen molar-refractivity contribution in [1.29, 1.82) is 0 Å². The maximum atomic E-state index is 8.90. The SMILES string of the molecule is CC(C)(C)NCCC1CCC(CO)O1. The Morgan fingerprint density at radius 1 is 1.29 bits per heavy atom. The summed E-state index contributed by atoms with van der Waals surface area (Å²) in [5.41, 5.74) is 0.189. The normalized spacial score (nSPS) is 28.3. The average molecular weight is 201 g/mol. The topological polar surface area (TPSA) is 41.5 Å². The van der Waals surface area contributed by atoms with Crippen molar-refractivity contribution in [2.75, 3.05) is 13.2 Å². The van der Waals surface area contributed by atoms with E-state index in [9.17, 15) is 0 Å². The molecule has 0 amide bonds. The van der Waals surface area contributed by atoms with Crippen molar-refractivity contribution in [3.05, 3.63) is 0 Å². The number of hydrogen-bond donors (Lipinski definition) is 2. The number of ether oxygens (including phenoxy) is 1. The van der Waals surface area contributed by atoms with E-state index in [0.29, 0.717) is 6.10 Å². The second-order valence-corrected chi connectivity index (χ2v) is 5.11. The number of rotatable bonds is 4. The minimum atomic E-state index is 0.0923. The standard InChI is InChI=1S/C11H23NO2/c1-11(2,3)12-7-6-9-4-5-10(8-13)14-9/h9-10,12-13H,4-8H2,1-3H3. The Bertz CT molecular complexity index is 165. The summed E-state index contributed by atoms with van der Waals surface area (Å²) >= 11 is 0. The summed E-state index contributed by atoms with van der Waals surface area (Å²) in [6.45, 7) is 7.66. The molecule has 2 N–H and O–H groups in total. The second kappa shape index (κ2) is 5.10. The van der Waals surface area contributed by atoms with Gasteiger partial charge in [0.2, 0.25) is 0 Å². The van der Waals surface area contributed by atoms with Crippen LogP contribution < -0.4 is 5.32 Å². The Kier molecular flexibility index (Phi) is 4.35. The highest BCUT2D eigenvalue weighted by molar-refractivity contribution is 4.76. The zero-order valence-electron chi connectivity index (χ0n) is 9.55. The van der Waals surface area contributed by atoms with Gasteiger partial charge in [0.15, 0.2) is 0 Å². The molecule has 1 aliphatic rings. The van der Waals surface area contributed by atoms with E-state index in [1.807, 2.05) is 0 Å². The molecule has 1 fully saturated rings. The maximum Gasteiger partial charge on any atom is 0.0810 e. The van der Waals surface area contributed by atoms with Crippen LogP contribution in [0.5, 0.6) is 0 Å². The van der Waals surface area contributed by atoms with Crippen LogP contribution >= 0.6 is 0 Å². The molecule has 0 aromatic heterocycles. The van der Waals surface area contributed by atoms with Crippen LogP contribution in [-0.2, 0) is 4.74 Å². The Morgan fingerprint density at radius 3 is 2.43 bits per heavy atom. The number of aliphatic hydroxyl groups excluding tert-OH is 1. The minimum absolute atomic E-state index is 0.0923. The van der Waals surface area contributed by atoms with Gasteiger partial charge in [-0.25, -0.2) is 0 Å². The molecule has 1 heterocycles. The van der Waals surface area contributed by atoms with Gasteiger partial charge in [0, 0.05) is 5.54 Å². The van der Waals surface area contributed by atoms with E-state index in [1.54, 1.807) is 0 Å². The molecule has 3 nitrogen and oxygen atoms in total. The summed E-state index contributed by atoms with van der Waals surface area (Å²) in [6, 6.07) is 0. The van der Waals surface area contributed by atoms with Gasteiger partial charge >= 0.3 is 0 Å². The van der Waals surface area contributed by atoms with Crippen LogP contribution in [0.4, 0.5) is 0 Å². The molecule has 14 heavy (non-hydrogen) atoms. The van der Waals surface area contributed by atoms with Crippen LogP contribution in [-0.4, -0.2) is 36.0 Å². The molecule has 2 unspecified atom stereocenters. The van der Waals surface area contributed by atoms with E-state index in [2.05, 4.69) is 26.1 Å². The molecular weight excluding hydrogens is 178 g/mol. The zero-order valence-corrected chi connectivity index (χ0v) is 9.55. The van der Waals surface area contributed by atoms with Gasteiger partial charge in [0.1, 0.15) is 0 Å². The summed E-state index contributed by atoms with van der Waals surface area (Å²) in [5, 5.41) is 12.3. The fourth-order valence-corrected chi connectivity index (χ4v) is 1.73. The molecule has 84 valence electrons. The molecular formula is C11H23NO2. The average Bonchev–Trinajstić information content (AvgIpc) is 2.50. The molecule has 3 heteroatoms. The molecule has 0 aromatic rings. The van der Waals surface area contributed by atoms with Crippen LogP contribution in [0.3, 0.4) is 0 Å². The van der Waals surface area contributed by atoms with Crippen molar-refractivity contribution in [1.82, 2.24) is 5.32 Å². The lowest BCUT2D eigenvalue weighted by atomic mass is 10.1. The lowest BCUT2D eigenvalue weighted by Gasteiger charge is -2.21. The molecule has 0 radical (unpaired) electrons. The molecule has 0 spiro atoms. The first-order valence-electron chi connectivity index (χ1n) is 5.52. The molecule has 2 atom stereocenters. The molecule has 0 aromatic carbocycles. The van der Waals surface area contributed by atoms with E-state index in [-0.39, 0.29) is 18.2 Å². The Morgan fingerprint density at radius 2 is 1.93 bits per heavy atom. The minimum Gasteiger partial charge on any atom is -0.394 e. The second-order valence-electron chi connectivity index (χ2n) is 5.11. The summed E-state index contributed by atoms with van der Waals surface area (Å²) in [7, 11) is 0. The fourth-order valence-electron chi connectivity index (χ4n) is 1.73. The van der Waals surface area contributed by atoms with Crippen LogP contribution in [0.15, 0.2) is 0 Å². The Labute approximate surface area is 86.8 Å². The van der Waals surface area contributed by atoms with Crippen LogP contribution in [0.2, 0.25) is 0 Å². The van der Waals surface area contributed by atoms with Crippen LogP contribution in [0.1, 0.15) is 40.0 Å². The van der Waals surface area contributed by atoms with E-state index < -0.39 is 0 Å². The highest BCUT2D eigenvalue weighted by Crippen LogP contribution is 2.21. The number of aliphatic hydroxyl groups is 1. The zero-order chi connectivity index (χ0) is 10.6. The van der Waals surface area contributed by atoms with Crippen molar-refractivity contribution in [3.8, 4) is 0 Å². The molecule has 1 aliphatic heterocycles. The first kappa shape index (κ1) is 12.0. The molecule has 0 aliphatic carbocycles. The van der Waals surface area contributed by atoms with Gasteiger partial charge in [0.25, 0.3) is 0 Å². The van der Waals surface area contributed by atoms with Crippen molar-refractivity contribution in [3.63, 3.8) is 0 Å². The van der Waals surface area contributed by atoms with Gasteiger partial charge in [-0.05, 0) is 46.6 Å². The van der Waals surface area contributed by atoms with Gasteiger partial charge in [-0.2, -0.15) is 0 Å². The lowest BCUT2D eigenvalue weighted by Crippen LogP contribution is -2.37.